The fraction of sp³-hybridized carbons (Fsp3) is 0.371. The van der Waals surface area contributed by atoms with E-state index in [-0.39, 0.29) is 12.1 Å². The first-order chi connectivity index (χ1) is 22.8. The molecule has 3 heterocycles. The third kappa shape index (κ3) is 8.20. The van der Waals surface area contributed by atoms with Gasteiger partial charge in [-0.3, -0.25) is 4.90 Å². The number of nitrogens with one attached hydrogen (secondary N) is 2. The van der Waals surface area contributed by atoms with Crippen molar-refractivity contribution in [2.75, 3.05) is 62.7 Å². The van der Waals surface area contributed by atoms with E-state index < -0.39 is 5.79 Å². The second-order valence-electron chi connectivity index (χ2n) is 11.9. The number of para-hydroxylation sites is 1. The maximum Gasteiger partial charge on any atom is 0.319 e. The number of benzene rings is 3. The molecule has 2 saturated heterocycles. The predicted octanol–water partition coefficient (Wildman–Crippen LogP) is 6.10. The summed E-state index contributed by atoms with van der Waals surface area (Å²) in [6.07, 6.45) is 4.99. The molecule has 0 radical (unpaired) electrons. The van der Waals surface area contributed by atoms with Crippen molar-refractivity contribution in [3.8, 4) is 5.75 Å². The first kappa shape index (κ1) is 33.1. The van der Waals surface area contributed by atoms with Gasteiger partial charge < -0.3 is 34.3 Å². The molecule has 6 rings (SSSR count). The third-order valence-corrected chi connectivity index (χ3v) is 9.14. The summed E-state index contributed by atoms with van der Waals surface area (Å²) in [6.45, 7) is 10.1. The number of halogens is 2. The quantitative estimate of drug-likeness (QED) is 0.198. The highest BCUT2D eigenvalue weighted by molar-refractivity contribution is 6.35. The van der Waals surface area contributed by atoms with Gasteiger partial charge in [-0.25, -0.2) is 9.78 Å². The van der Waals surface area contributed by atoms with E-state index in [9.17, 15) is 4.79 Å². The number of aryl methyl sites for hydroxylation is 2. The highest BCUT2D eigenvalue weighted by Crippen LogP contribution is 2.40. The van der Waals surface area contributed by atoms with E-state index in [0.29, 0.717) is 41.9 Å². The van der Waals surface area contributed by atoms with Crippen LogP contribution >= 0.6 is 23.2 Å². The standard InChI is InChI=1S/C35H40Cl2N6O4/c1-25-4-3-5-26(2)33(25)40-34(44)39-13-15-41-16-18-43(19-17-41)28-7-9-29(10-8-28)45-21-30-22-46-35(47-30,23-42-14-12-38-24-42)31-11-6-27(36)20-32(31)37/h3-12,14,20,24,30H,13,15-19,21-23H2,1-2H3,(H2,39,40,44). The Bertz CT molecular complexity index is 1630. The molecule has 2 aliphatic heterocycles. The molecule has 2 fully saturated rings. The van der Waals surface area contributed by atoms with Crippen LogP contribution in [0.4, 0.5) is 16.2 Å². The maximum absolute atomic E-state index is 12.4. The fourth-order valence-corrected chi connectivity index (χ4v) is 6.60. The first-order valence-electron chi connectivity index (χ1n) is 15.8. The van der Waals surface area contributed by atoms with Crippen molar-refractivity contribution in [2.45, 2.75) is 32.3 Å². The molecular weight excluding hydrogens is 639 g/mol. The van der Waals surface area contributed by atoms with Crippen molar-refractivity contribution in [3.63, 3.8) is 0 Å². The molecule has 2 amide bonds. The number of nitrogens with zero attached hydrogens (tertiary/aromatic N) is 4. The van der Waals surface area contributed by atoms with Crippen LogP contribution in [-0.2, 0) is 21.8 Å². The van der Waals surface area contributed by atoms with Crippen molar-refractivity contribution in [1.29, 1.82) is 0 Å². The molecule has 1 aromatic heterocycles. The number of aromatic nitrogens is 2. The molecule has 2 aliphatic rings. The lowest BCUT2D eigenvalue weighted by Gasteiger charge is -2.36. The first-order valence-corrected chi connectivity index (χ1v) is 16.6. The zero-order valence-corrected chi connectivity index (χ0v) is 28.1. The number of hydrogen-bond donors (Lipinski definition) is 2. The number of imidazole rings is 1. The Labute approximate surface area is 285 Å². The molecule has 0 bridgehead atoms. The minimum Gasteiger partial charge on any atom is -0.491 e. The highest BCUT2D eigenvalue weighted by atomic mass is 35.5. The van der Waals surface area contributed by atoms with Crippen LogP contribution < -0.4 is 20.3 Å². The molecule has 47 heavy (non-hydrogen) atoms. The van der Waals surface area contributed by atoms with Crippen molar-refractivity contribution in [3.05, 3.63) is 106 Å². The Hall–Kier alpha value is -3.80. The van der Waals surface area contributed by atoms with Crippen LogP contribution in [0.25, 0.3) is 0 Å². The Kier molecular flexibility index (Phi) is 10.5. The van der Waals surface area contributed by atoms with Gasteiger partial charge in [-0.05, 0) is 61.4 Å². The molecule has 4 aromatic rings. The Morgan fingerprint density at radius 1 is 1.04 bits per heavy atom. The molecule has 2 N–H and O–H groups in total. The SMILES string of the molecule is Cc1cccc(C)c1NC(=O)NCCN1CCN(c2ccc(OCC3COC(Cn4ccnc4)(c4ccc(Cl)cc4Cl)O3)cc2)CC1. The van der Waals surface area contributed by atoms with Crippen molar-refractivity contribution >= 4 is 40.6 Å². The number of rotatable bonds is 11. The van der Waals surface area contributed by atoms with Gasteiger partial charge in [0.05, 0.1) is 24.5 Å². The maximum atomic E-state index is 12.4. The number of carbonyl (C=O) groups excluding carboxylic acids is 1. The largest absolute Gasteiger partial charge is 0.491 e. The van der Waals surface area contributed by atoms with Gasteiger partial charge in [-0.2, -0.15) is 0 Å². The van der Waals surface area contributed by atoms with E-state index in [4.69, 9.17) is 37.4 Å². The highest BCUT2D eigenvalue weighted by Gasteiger charge is 2.45. The number of ether oxygens (including phenoxy) is 3. The summed E-state index contributed by atoms with van der Waals surface area (Å²) in [7, 11) is 0. The van der Waals surface area contributed by atoms with E-state index in [0.717, 1.165) is 61.0 Å². The second kappa shape index (κ2) is 15.0. The van der Waals surface area contributed by atoms with Gasteiger partial charge >= 0.3 is 6.03 Å². The minimum absolute atomic E-state index is 0.171. The third-order valence-electron chi connectivity index (χ3n) is 8.59. The zero-order chi connectivity index (χ0) is 32.8. The van der Waals surface area contributed by atoms with Crippen LogP contribution in [0.5, 0.6) is 5.75 Å². The van der Waals surface area contributed by atoms with E-state index in [1.165, 1.54) is 0 Å². The topological polar surface area (TPSA) is 93.1 Å². The number of piperazine rings is 1. The molecule has 12 heteroatoms. The summed E-state index contributed by atoms with van der Waals surface area (Å²) >= 11 is 12.7. The Morgan fingerprint density at radius 2 is 1.81 bits per heavy atom. The van der Waals surface area contributed by atoms with Gasteiger partial charge in [-0.15, -0.1) is 0 Å². The molecule has 10 nitrogen and oxygen atoms in total. The molecule has 0 spiro atoms. The summed E-state index contributed by atoms with van der Waals surface area (Å²) in [6, 6.07) is 19.3. The normalized spacial score (nSPS) is 19.9. The van der Waals surface area contributed by atoms with Crippen molar-refractivity contribution in [1.82, 2.24) is 19.8 Å². The molecule has 2 atom stereocenters. The number of hydrogen-bond acceptors (Lipinski definition) is 7. The average molecular weight is 680 g/mol. The number of carbonyl (C=O) groups is 1. The van der Waals surface area contributed by atoms with Crippen LogP contribution in [-0.4, -0.2) is 79.1 Å². The second-order valence-corrected chi connectivity index (χ2v) is 12.8. The lowest BCUT2D eigenvalue weighted by atomic mass is 10.1. The summed E-state index contributed by atoms with van der Waals surface area (Å²) in [5.41, 5.74) is 4.84. The van der Waals surface area contributed by atoms with Crippen LogP contribution in [0.2, 0.25) is 10.0 Å². The lowest BCUT2D eigenvalue weighted by Crippen LogP contribution is -2.48. The summed E-state index contributed by atoms with van der Waals surface area (Å²) in [5, 5.41) is 6.99. The smallest absolute Gasteiger partial charge is 0.319 e. The molecular formula is C35H40Cl2N6O4. The van der Waals surface area contributed by atoms with E-state index in [1.54, 1.807) is 24.7 Å². The lowest BCUT2D eigenvalue weighted by molar-refractivity contribution is -0.189. The van der Waals surface area contributed by atoms with Gasteiger partial charge in [0.15, 0.2) is 0 Å². The summed E-state index contributed by atoms with van der Waals surface area (Å²) < 4.78 is 20.8. The van der Waals surface area contributed by atoms with E-state index in [1.807, 2.05) is 61.0 Å². The Balaban J connectivity index is 0.950. The van der Waals surface area contributed by atoms with Gasteiger partial charge in [0.1, 0.15) is 18.5 Å². The van der Waals surface area contributed by atoms with Gasteiger partial charge in [0.25, 0.3) is 0 Å². The number of amides is 2. The van der Waals surface area contributed by atoms with Gasteiger partial charge in [0, 0.05) is 73.6 Å². The fourth-order valence-electron chi connectivity index (χ4n) is 6.04. The minimum atomic E-state index is -1.09. The van der Waals surface area contributed by atoms with Crippen molar-refractivity contribution in [2.24, 2.45) is 0 Å². The van der Waals surface area contributed by atoms with Crippen LogP contribution in [0.15, 0.2) is 79.4 Å². The van der Waals surface area contributed by atoms with Crippen LogP contribution in [0.3, 0.4) is 0 Å². The van der Waals surface area contributed by atoms with Crippen LogP contribution in [0.1, 0.15) is 16.7 Å². The molecule has 0 saturated carbocycles. The predicted molar refractivity (Wildman–Crippen MR) is 185 cm³/mol. The molecule has 248 valence electrons. The Morgan fingerprint density at radius 3 is 2.51 bits per heavy atom. The van der Waals surface area contributed by atoms with Gasteiger partial charge in [-0.1, -0.05) is 47.5 Å². The molecule has 3 aromatic carbocycles. The van der Waals surface area contributed by atoms with Crippen molar-refractivity contribution < 1.29 is 19.0 Å². The van der Waals surface area contributed by atoms with Gasteiger partial charge in [0.2, 0.25) is 5.79 Å². The number of urea groups is 1. The zero-order valence-electron chi connectivity index (χ0n) is 26.6. The molecule has 0 aliphatic carbocycles. The molecule has 2 unspecified atom stereocenters. The number of anilines is 2. The monoisotopic (exact) mass is 678 g/mol. The van der Waals surface area contributed by atoms with Crippen LogP contribution in [0, 0.1) is 13.8 Å². The summed E-state index contributed by atoms with van der Waals surface area (Å²) in [5.74, 6) is -0.330. The van der Waals surface area contributed by atoms with E-state index >= 15 is 0 Å². The van der Waals surface area contributed by atoms with E-state index in [2.05, 4.69) is 37.6 Å². The average Bonchev–Trinajstić information content (AvgIpc) is 3.73. The summed E-state index contributed by atoms with van der Waals surface area (Å²) in [4.78, 5) is 21.3.